The minimum absolute atomic E-state index is 0.193. The van der Waals surface area contributed by atoms with Crippen LogP contribution < -0.4 is 15.4 Å². The zero-order chi connectivity index (χ0) is 16.6. The van der Waals surface area contributed by atoms with Gasteiger partial charge in [-0.3, -0.25) is 0 Å². The van der Waals surface area contributed by atoms with Crippen LogP contribution in [0.2, 0.25) is 0 Å². The number of nitrogens with one attached hydrogen (secondary N) is 2. The minimum Gasteiger partial charge on any atom is -0.491 e. The molecule has 0 spiro atoms. The summed E-state index contributed by atoms with van der Waals surface area (Å²) in [7, 11) is 0. The van der Waals surface area contributed by atoms with Crippen LogP contribution in [0.1, 0.15) is 32.1 Å². The van der Waals surface area contributed by atoms with Gasteiger partial charge in [0.2, 0.25) is 0 Å². The summed E-state index contributed by atoms with van der Waals surface area (Å²) in [6.07, 6.45) is 5.76. The van der Waals surface area contributed by atoms with Crippen molar-refractivity contribution < 1.29 is 19.0 Å². The fourth-order valence-electron chi connectivity index (χ4n) is 2.99. The van der Waals surface area contributed by atoms with E-state index in [4.69, 9.17) is 14.2 Å². The highest BCUT2D eigenvalue weighted by molar-refractivity contribution is 5.89. The van der Waals surface area contributed by atoms with Gasteiger partial charge in [0.25, 0.3) is 0 Å². The van der Waals surface area contributed by atoms with E-state index in [1.54, 1.807) is 0 Å². The van der Waals surface area contributed by atoms with Crippen LogP contribution in [-0.2, 0) is 9.47 Å². The maximum Gasteiger partial charge on any atom is 0.319 e. The molecule has 0 aliphatic carbocycles. The van der Waals surface area contributed by atoms with Gasteiger partial charge in [-0.15, -0.1) is 0 Å². The van der Waals surface area contributed by atoms with Crippen LogP contribution >= 0.6 is 0 Å². The van der Waals surface area contributed by atoms with E-state index < -0.39 is 0 Å². The van der Waals surface area contributed by atoms with Gasteiger partial charge in [-0.1, -0.05) is 0 Å². The van der Waals surface area contributed by atoms with Gasteiger partial charge in [-0.05, 0) is 56.4 Å². The second-order valence-corrected chi connectivity index (χ2v) is 6.28. The number of carbonyl (C=O) groups is 1. The number of hydrogen-bond donors (Lipinski definition) is 2. The molecule has 2 amide bonds. The Morgan fingerprint density at radius 1 is 1.08 bits per heavy atom. The fraction of sp³-hybridized carbons (Fsp3) is 0.611. The summed E-state index contributed by atoms with van der Waals surface area (Å²) in [5.41, 5.74) is 0.745. The summed E-state index contributed by atoms with van der Waals surface area (Å²) in [4.78, 5) is 11.9. The number of ether oxygens (including phenoxy) is 3. The van der Waals surface area contributed by atoms with Crippen LogP contribution in [0, 0.1) is 0 Å². The summed E-state index contributed by atoms with van der Waals surface area (Å²) in [5, 5.41) is 5.68. The molecule has 2 saturated heterocycles. The van der Waals surface area contributed by atoms with Gasteiger partial charge in [0.15, 0.2) is 0 Å². The van der Waals surface area contributed by atoms with Crippen molar-refractivity contribution in [1.82, 2.24) is 5.32 Å². The Morgan fingerprint density at radius 3 is 2.46 bits per heavy atom. The van der Waals surface area contributed by atoms with Crippen molar-refractivity contribution >= 4 is 11.7 Å². The van der Waals surface area contributed by atoms with E-state index in [-0.39, 0.29) is 12.1 Å². The molecule has 1 aromatic carbocycles. The number of rotatable bonds is 7. The van der Waals surface area contributed by atoms with Crippen molar-refractivity contribution in [2.75, 3.05) is 31.7 Å². The molecule has 2 N–H and O–H groups in total. The van der Waals surface area contributed by atoms with E-state index in [2.05, 4.69) is 10.6 Å². The summed E-state index contributed by atoms with van der Waals surface area (Å²) >= 11 is 0. The molecule has 6 nitrogen and oxygen atoms in total. The maximum absolute atomic E-state index is 11.9. The van der Waals surface area contributed by atoms with Crippen molar-refractivity contribution in [1.29, 1.82) is 0 Å². The van der Waals surface area contributed by atoms with Gasteiger partial charge in [0.05, 0.1) is 12.2 Å². The molecule has 0 saturated carbocycles. The molecule has 2 aliphatic rings. The number of benzene rings is 1. The number of hydrogen-bond acceptors (Lipinski definition) is 4. The number of anilines is 1. The van der Waals surface area contributed by atoms with Crippen molar-refractivity contribution in [3.8, 4) is 5.75 Å². The van der Waals surface area contributed by atoms with Gasteiger partial charge in [0, 0.05) is 25.4 Å². The molecule has 3 rings (SSSR count). The van der Waals surface area contributed by atoms with Gasteiger partial charge in [-0.2, -0.15) is 0 Å². The van der Waals surface area contributed by atoms with Crippen molar-refractivity contribution in [2.45, 2.75) is 44.3 Å². The summed E-state index contributed by atoms with van der Waals surface area (Å²) in [6.45, 7) is 2.88. The minimum atomic E-state index is -0.193. The molecule has 0 aromatic heterocycles. The zero-order valence-electron chi connectivity index (χ0n) is 14.0. The standard InChI is InChI=1S/C18H26N2O4/c21-18(19-10-9-15-3-1-11-22-15)20-14-5-7-16(8-6-14)24-13-17-4-2-12-23-17/h5-8,15,17H,1-4,9-13H2,(H2,19,20,21)/t15-,17+/m1/s1. The molecule has 24 heavy (non-hydrogen) atoms. The predicted octanol–water partition coefficient (Wildman–Crippen LogP) is 2.94. The molecule has 2 atom stereocenters. The van der Waals surface area contributed by atoms with Crippen LogP contribution in [0.4, 0.5) is 10.5 Å². The third-order valence-electron chi connectivity index (χ3n) is 4.35. The Kier molecular flexibility index (Phi) is 6.32. The molecule has 1 aromatic rings. The van der Waals surface area contributed by atoms with Crippen molar-refractivity contribution in [2.24, 2.45) is 0 Å². The Hall–Kier alpha value is -1.79. The van der Waals surface area contributed by atoms with Crippen molar-refractivity contribution in [3.63, 3.8) is 0 Å². The van der Waals surface area contributed by atoms with Crippen LogP contribution in [0.5, 0.6) is 5.75 Å². The third-order valence-corrected chi connectivity index (χ3v) is 4.35. The topological polar surface area (TPSA) is 68.8 Å². The van der Waals surface area contributed by atoms with Crippen LogP contribution in [0.25, 0.3) is 0 Å². The van der Waals surface area contributed by atoms with E-state index in [9.17, 15) is 4.79 Å². The first-order valence-corrected chi connectivity index (χ1v) is 8.80. The number of urea groups is 1. The maximum atomic E-state index is 11.9. The van der Waals surface area contributed by atoms with Gasteiger partial charge in [0.1, 0.15) is 12.4 Å². The quantitative estimate of drug-likeness (QED) is 0.804. The summed E-state index contributed by atoms with van der Waals surface area (Å²) < 4.78 is 16.8. The second kappa shape index (κ2) is 8.89. The molecule has 0 bridgehead atoms. The van der Waals surface area contributed by atoms with E-state index in [0.29, 0.717) is 19.3 Å². The van der Waals surface area contributed by atoms with Gasteiger partial charge >= 0.3 is 6.03 Å². The zero-order valence-corrected chi connectivity index (χ0v) is 14.0. The lowest BCUT2D eigenvalue weighted by molar-refractivity contribution is 0.0679. The largest absolute Gasteiger partial charge is 0.491 e. The Balaban J connectivity index is 1.34. The number of carbonyl (C=O) groups excluding carboxylic acids is 1. The fourth-order valence-corrected chi connectivity index (χ4v) is 2.99. The van der Waals surface area contributed by atoms with Gasteiger partial charge in [-0.25, -0.2) is 4.79 Å². The average molecular weight is 334 g/mol. The molecule has 2 heterocycles. The van der Waals surface area contributed by atoms with E-state index in [1.807, 2.05) is 24.3 Å². The lowest BCUT2D eigenvalue weighted by Gasteiger charge is -2.13. The van der Waals surface area contributed by atoms with Crippen molar-refractivity contribution in [3.05, 3.63) is 24.3 Å². The molecule has 132 valence electrons. The lowest BCUT2D eigenvalue weighted by Crippen LogP contribution is -2.31. The highest BCUT2D eigenvalue weighted by atomic mass is 16.5. The predicted molar refractivity (Wildman–Crippen MR) is 91.5 cm³/mol. The highest BCUT2D eigenvalue weighted by Gasteiger charge is 2.16. The lowest BCUT2D eigenvalue weighted by atomic mass is 10.2. The van der Waals surface area contributed by atoms with Crippen LogP contribution in [0.3, 0.4) is 0 Å². The Bertz CT molecular complexity index is 508. The highest BCUT2D eigenvalue weighted by Crippen LogP contribution is 2.18. The van der Waals surface area contributed by atoms with Crippen LogP contribution in [-0.4, -0.2) is 44.6 Å². The summed E-state index contributed by atoms with van der Waals surface area (Å²) in [5.74, 6) is 0.787. The van der Waals surface area contributed by atoms with E-state index in [1.165, 1.54) is 0 Å². The van der Waals surface area contributed by atoms with Crippen LogP contribution in [0.15, 0.2) is 24.3 Å². The third kappa shape index (κ3) is 5.39. The first kappa shape index (κ1) is 17.0. The normalized spacial score (nSPS) is 23.2. The number of amides is 2. The summed E-state index contributed by atoms with van der Waals surface area (Å²) in [6, 6.07) is 7.20. The SMILES string of the molecule is O=C(NCC[C@H]1CCCO1)Nc1ccc(OC[C@@H]2CCCO2)cc1. The molecule has 2 aliphatic heterocycles. The molecular weight excluding hydrogens is 308 g/mol. The Labute approximate surface area is 142 Å². The Morgan fingerprint density at radius 2 is 1.79 bits per heavy atom. The smallest absolute Gasteiger partial charge is 0.319 e. The average Bonchev–Trinajstić information content (AvgIpc) is 3.28. The van der Waals surface area contributed by atoms with E-state index >= 15 is 0 Å². The molecule has 6 heteroatoms. The molecule has 0 radical (unpaired) electrons. The second-order valence-electron chi connectivity index (χ2n) is 6.28. The molecular formula is C18H26N2O4. The molecule has 0 unspecified atom stereocenters. The first-order chi connectivity index (χ1) is 11.8. The molecule has 2 fully saturated rings. The van der Waals surface area contributed by atoms with Gasteiger partial charge < -0.3 is 24.8 Å². The monoisotopic (exact) mass is 334 g/mol. The van der Waals surface area contributed by atoms with E-state index in [0.717, 1.165) is 56.8 Å². The first-order valence-electron chi connectivity index (χ1n) is 8.80.